The van der Waals surface area contributed by atoms with Crippen LogP contribution < -0.4 is 10.1 Å². The number of aryl methyl sites for hydroxylation is 1. The highest BCUT2D eigenvalue weighted by molar-refractivity contribution is 5.73. The van der Waals surface area contributed by atoms with E-state index in [4.69, 9.17) is 9.84 Å². The van der Waals surface area contributed by atoms with Crippen LogP contribution >= 0.6 is 0 Å². The first kappa shape index (κ1) is 15.2. The fourth-order valence-corrected chi connectivity index (χ4v) is 1.99. The number of nitrogens with zero attached hydrogens (tertiary/aromatic N) is 1. The quantitative estimate of drug-likeness (QED) is 0.560. The molecule has 0 amide bonds. The van der Waals surface area contributed by atoms with E-state index in [2.05, 4.69) is 5.32 Å². The minimum Gasteiger partial charge on any atom is -0.487 e. The molecule has 1 fully saturated rings. The molecule has 0 aromatic heterocycles. The van der Waals surface area contributed by atoms with Crippen molar-refractivity contribution in [1.29, 1.82) is 0 Å². The molecular formula is C14H18N2O5. The van der Waals surface area contributed by atoms with Crippen LogP contribution in [0, 0.1) is 17.0 Å². The number of hydrogen-bond acceptors (Lipinski definition) is 5. The van der Waals surface area contributed by atoms with Crippen molar-refractivity contribution in [3.63, 3.8) is 0 Å². The molecule has 7 heteroatoms. The molecule has 0 saturated heterocycles. The first-order valence-electron chi connectivity index (χ1n) is 6.84. The molecule has 1 aromatic carbocycles. The Labute approximate surface area is 122 Å². The maximum atomic E-state index is 11.1. The van der Waals surface area contributed by atoms with E-state index < -0.39 is 16.9 Å². The lowest BCUT2D eigenvalue weighted by Gasteiger charge is -2.14. The van der Waals surface area contributed by atoms with Gasteiger partial charge in [-0.05, 0) is 31.4 Å². The number of aliphatic carboxylic acids is 1. The van der Waals surface area contributed by atoms with Gasteiger partial charge in [0.1, 0.15) is 6.04 Å². The molecule has 1 saturated carbocycles. The molecule has 0 bridgehead atoms. The highest BCUT2D eigenvalue weighted by Crippen LogP contribution is 2.28. The summed E-state index contributed by atoms with van der Waals surface area (Å²) < 4.78 is 5.39. The molecule has 7 nitrogen and oxygen atoms in total. The summed E-state index contributed by atoms with van der Waals surface area (Å²) >= 11 is 0. The average molecular weight is 294 g/mol. The number of nitro benzene ring substituents is 1. The molecular weight excluding hydrogens is 276 g/mol. The van der Waals surface area contributed by atoms with Gasteiger partial charge in [-0.15, -0.1) is 0 Å². The third kappa shape index (κ3) is 4.42. The highest BCUT2D eigenvalue weighted by Gasteiger charge is 2.28. The molecule has 0 radical (unpaired) electrons. The van der Waals surface area contributed by atoms with Gasteiger partial charge in [0.25, 0.3) is 0 Å². The normalized spacial score (nSPS) is 15.5. The largest absolute Gasteiger partial charge is 0.487 e. The molecule has 1 atom stereocenters. The number of carboxylic acid groups (broad SMARTS) is 1. The predicted molar refractivity (Wildman–Crippen MR) is 75.5 cm³/mol. The van der Waals surface area contributed by atoms with Crippen LogP contribution in [0.5, 0.6) is 5.75 Å². The molecule has 1 aliphatic rings. The number of nitro groups is 1. The number of rotatable bonds is 8. The smallest absolute Gasteiger partial charge is 0.320 e. The lowest BCUT2D eigenvalue weighted by atomic mass is 10.2. The van der Waals surface area contributed by atoms with Crippen molar-refractivity contribution in [3.8, 4) is 5.75 Å². The van der Waals surface area contributed by atoms with Crippen LogP contribution in [0.1, 0.15) is 24.8 Å². The highest BCUT2D eigenvalue weighted by atomic mass is 16.6. The van der Waals surface area contributed by atoms with Gasteiger partial charge in [0, 0.05) is 18.5 Å². The Hall–Kier alpha value is -2.15. The standard InChI is InChI=1S/C14H18N2O5/c1-9-2-5-13(12(8-9)16(19)20)21-7-6-11(14(17)18)15-10-3-4-10/h2,5,8,10-11,15H,3-4,6-7H2,1H3,(H,17,18). The molecule has 0 spiro atoms. The van der Waals surface area contributed by atoms with E-state index >= 15 is 0 Å². The van der Waals surface area contributed by atoms with Crippen LogP contribution in [0.4, 0.5) is 5.69 Å². The zero-order valence-electron chi connectivity index (χ0n) is 11.7. The van der Waals surface area contributed by atoms with Gasteiger partial charge >= 0.3 is 11.7 Å². The summed E-state index contributed by atoms with van der Waals surface area (Å²) in [5, 5.41) is 23.1. The van der Waals surface area contributed by atoms with E-state index in [1.54, 1.807) is 13.0 Å². The van der Waals surface area contributed by atoms with Crippen molar-refractivity contribution in [2.45, 2.75) is 38.3 Å². The molecule has 2 N–H and O–H groups in total. The van der Waals surface area contributed by atoms with Crippen LogP contribution in [0.2, 0.25) is 0 Å². The van der Waals surface area contributed by atoms with Crippen molar-refractivity contribution in [2.75, 3.05) is 6.61 Å². The van der Waals surface area contributed by atoms with Crippen LogP contribution in [0.25, 0.3) is 0 Å². The van der Waals surface area contributed by atoms with E-state index in [9.17, 15) is 14.9 Å². The second-order valence-electron chi connectivity index (χ2n) is 5.20. The fraction of sp³-hybridized carbons (Fsp3) is 0.500. The monoisotopic (exact) mass is 294 g/mol. The summed E-state index contributed by atoms with van der Waals surface area (Å²) in [5.41, 5.74) is 0.671. The zero-order valence-corrected chi connectivity index (χ0v) is 11.7. The lowest BCUT2D eigenvalue weighted by Crippen LogP contribution is -2.39. The Morgan fingerprint density at radius 1 is 1.57 bits per heavy atom. The van der Waals surface area contributed by atoms with Crippen LogP contribution in [0.15, 0.2) is 18.2 Å². The van der Waals surface area contributed by atoms with E-state index in [-0.39, 0.29) is 30.5 Å². The Balaban J connectivity index is 1.92. The lowest BCUT2D eigenvalue weighted by molar-refractivity contribution is -0.385. The molecule has 1 unspecified atom stereocenters. The molecule has 21 heavy (non-hydrogen) atoms. The second-order valence-corrected chi connectivity index (χ2v) is 5.20. The van der Waals surface area contributed by atoms with E-state index in [1.807, 2.05) is 0 Å². The number of hydrogen-bond donors (Lipinski definition) is 2. The summed E-state index contributed by atoms with van der Waals surface area (Å²) in [5.74, 6) is -0.759. The Bertz CT molecular complexity index is 542. The van der Waals surface area contributed by atoms with Crippen molar-refractivity contribution >= 4 is 11.7 Å². The van der Waals surface area contributed by atoms with Crippen LogP contribution in [0.3, 0.4) is 0 Å². The molecule has 2 rings (SSSR count). The zero-order chi connectivity index (χ0) is 15.4. The summed E-state index contributed by atoms with van der Waals surface area (Å²) in [7, 11) is 0. The van der Waals surface area contributed by atoms with E-state index in [0.29, 0.717) is 0 Å². The molecule has 1 aliphatic carbocycles. The molecule has 0 heterocycles. The summed E-state index contributed by atoms with van der Waals surface area (Å²) in [6, 6.07) is 4.30. The van der Waals surface area contributed by atoms with Gasteiger partial charge < -0.3 is 15.2 Å². The first-order valence-corrected chi connectivity index (χ1v) is 6.84. The number of carboxylic acids is 1. The predicted octanol–water partition coefficient (Wildman–Crippen LogP) is 1.88. The Kier molecular flexibility index (Phi) is 4.74. The van der Waals surface area contributed by atoms with E-state index in [0.717, 1.165) is 18.4 Å². The molecule has 1 aromatic rings. The van der Waals surface area contributed by atoms with Crippen molar-refractivity contribution in [3.05, 3.63) is 33.9 Å². The third-order valence-corrected chi connectivity index (χ3v) is 3.29. The van der Waals surface area contributed by atoms with Gasteiger partial charge in [-0.3, -0.25) is 14.9 Å². The number of nitrogens with one attached hydrogen (secondary N) is 1. The van der Waals surface area contributed by atoms with Crippen molar-refractivity contribution in [1.82, 2.24) is 5.32 Å². The molecule has 114 valence electrons. The minimum absolute atomic E-state index is 0.1000. The second kappa shape index (κ2) is 6.53. The Morgan fingerprint density at radius 2 is 2.29 bits per heavy atom. The summed E-state index contributed by atoms with van der Waals surface area (Å²) in [4.78, 5) is 21.6. The number of carbonyl (C=O) groups is 1. The third-order valence-electron chi connectivity index (χ3n) is 3.29. The first-order chi connectivity index (χ1) is 9.97. The average Bonchev–Trinajstić information content (AvgIpc) is 3.22. The van der Waals surface area contributed by atoms with Gasteiger partial charge in [0.2, 0.25) is 0 Å². The Morgan fingerprint density at radius 3 is 2.86 bits per heavy atom. The van der Waals surface area contributed by atoms with Crippen LogP contribution in [-0.2, 0) is 4.79 Å². The fourth-order valence-electron chi connectivity index (χ4n) is 1.99. The van der Waals surface area contributed by atoms with Crippen LogP contribution in [-0.4, -0.2) is 34.7 Å². The van der Waals surface area contributed by atoms with Crippen molar-refractivity contribution in [2.24, 2.45) is 0 Å². The maximum absolute atomic E-state index is 11.1. The number of benzene rings is 1. The van der Waals surface area contributed by atoms with Gasteiger partial charge in [-0.25, -0.2) is 0 Å². The van der Waals surface area contributed by atoms with Gasteiger partial charge in [-0.1, -0.05) is 6.07 Å². The SMILES string of the molecule is Cc1ccc(OCCC(NC2CC2)C(=O)O)c([N+](=O)[O-])c1. The minimum atomic E-state index is -0.927. The van der Waals surface area contributed by atoms with Crippen molar-refractivity contribution < 1.29 is 19.6 Å². The van der Waals surface area contributed by atoms with Gasteiger partial charge in [-0.2, -0.15) is 0 Å². The summed E-state index contributed by atoms with van der Waals surface area (Å²) in [6.45, 7) is 1.87. The number of ether oxygens (including phenoxy) is 1. The van der Waals surface area contributed by atoms with Gasteiger partial charge in [0.15, 0.2) is 5.75 Å². The topological polar surface area (TPSA) is 102 Å². The maximum Gasteiger partial charge on any atom is 0.320 e. The van der Waals surface area contributed by atoms with Gasteiger partial charge in [0.05, 0.1) is 11.5 Å². The van der Waals surface area contributed by atoms with E-state index in [1.165, 1.54) is 12.1 Å². The summed E-state index contributed by atoms with van der Waals surface area (Å²) in [6.07, 6.45) is 2.25. The molecule has 0 aliphatic heterocycles.